The van der Waals surface area contributed by atoms with Crippen LogP contribution in [-0.2, 0) is 13.2 Å². The lowest BCUT2D eigenvalue weighted by molar-refractivity contribution is 0.297. The van der Waals surface area contributed by atoms with Gasteiger partial charge < -0.3 is 10.1 Å². The molecule has 0 bridgehead atoms. The van der Waals surface area contributed by atoms with E-state index < -0.39 is 0 Å². The number of hydrogen-bond donors (Lipinski definition) is 2. The molecule has 19 heavy (non-hydrogen) atoms. The van der Waals surface area contributed by atoms with E-state index in [1.165, 1.54) is 9.75 Å². The number of nitrogens with one attached hydrogen (secondary N) is 2. The molecule has 0 aliphatic rings. The highest BCUT2D eigenvalue weighted by atomic mass is 32.1. The Hall–Kier alpha value is -1.33. The molecule has 2 rings (SSSR count). The standard InChI is InChI=1S/C14H21N3OS/c1-10-7-13(17-16-10)18-9-12-6-5-11(19-12)8-15-14(2,3)4/h5-7,15H,8-9H2,1-4H3,(H,16,17). The van der Waals surface area contributed by atoms with Gasteiger partial charge in [-0.25, -0.2) is 0 Å². The molecule has 0 aliphatic carbocycles. The summed E-state index contributed by atoms with van der Waals surface area (Å²) in [5, 5.41) is 10.4. The van der Waals surface area contributed by atoms with Crippen LogP contribution in [0.5, 0.6) is 5.88 Å². The van der Waals surface area contributed by atoms with Gasteiger partial charge in [0.15, 0.2) is 0 Å². The van der Waals surface area contributed by atoms with E-state index in [4.69, 9.17) is 4.74 Å². The summed E-state index contributed by atoms with van der Waals surface area (Å²) in [5.74, 6) is 0.653. The van der Waals surface area contributed by atoms with Crippen LogP contribution < -0.4 is 10.1 Å². The molecule has 0 radical (unpaired) electrons. The minimum absolute atomic E-state index is 0.146. The SMILES string of the molecule is Cc1cc(OCc2ccc(CNC(C)(C)C)s2)n[nH]1. The molecule has 0 aliphatic heterocycles. The molecule has 0 atom stereocenters. The minimum atomic E-state index is 0.146. The molecule has 0 unspecified atom stereocenters. The van der Waals surface area contributed by atoms with Crippen LogP contribution in [0.2, 0.25) is 0 Å². The number of nitrogens with zero attached hydrogens (tertiary/aromatic N) is 1. The first-order chi connectivity index (χ1) is 8.92. The van der Waals surface area contributed by atoms with Gasteiger partial charge >= 0.3 is 0 Å². The highest BCUT2D eigenvalue weighted by molar-refractivity contribution is 7.11. The Kier molecular flexibility index (Phi) is 4.27. The van der Waals surface area contributed by atoms with Crippen molar-refractivity contribution in [2.45, 2.75) is 46.4 Å². The van der Waals surface area contributed by atoms with Gasteiger partial charge in [-0.1, -0.05) is 0 Å². The number of aromatic nitrogens is 2. The van der Waals surface area contributed by atoms with Gasteiger partial charge in [-0.2, -0.15) is 0 Å². The maximum Gasteiger partial charge on any atom is 0.233 e. The molecule has 2 aromatic heterocycles. The normalized spacial score (nSPS) is 11.8. The fourth-order valence-electron chi connectivity index (χ4n) is 1.56. The molecule has 0 saturated heterocycles. The number of thiophene rings is 1. The molecule has 4 nitrogen and oxygen atoms in total. The summed E-state index contributed by atoms with van der Waals surface area (Å²) < 4.78 is 5.62. The molecule has 0 saturated carbocycles. The Morgan fingerprint density at radius 3 is 2.68 bits per heavy atom. The molecule has 104 valence electrons. The van der Waals surface area contributed by atoms with Crippen molar-refractivity contribution < 1.29 is 4.74 Å². The van der Waals surface area contributed by atoms with Crippen LogP contribution in [0, 0.1) is 6.92 Å². The fourth-order valence-corrected chi connectivity index (χ4v) is 2.43. The average molecular weight is 279 g/mol. The van der Waals surface area contributed by atoms with E-state index in [2.05, 4.69) is 48.4 Å². The molecule has 0 aromatic carbocycles. The summed E-state index contributed by atoms with van der Waals surface area (Å²) in [6.07, 6.45) is 0. The Labute approximate surface area is 118 Å². The zero-order valence-corrected chi connectivity index (χ0v) is 12.7. The van der Waals surface area contributed by atoms with Crippen LogP contribution in [0.25, 0.3) is 0 Å². The third-order valence-electron chi connectivity index (χ3n) is 2.55. The number of rotatable bonds is 5. The molecule has 0 spiro atoms. The summed E-state index contributed by atoms with van der Waals surface area (Å²) in [4.78, 5) is 2.54. The smallest absolute Gasteiger partial charge is 0.233 e. The summed E-state index contributed by atoms with van der Waals surface area (Å²) >= 11 is 1.77. The Morgan fingerprint density at radius 1 is 1.32 bits per heavy atom. The predicted octanol–water partition coefficient (Wildman–Crippen LogP) is 3.25. The lowest BCUT2D eigenvalue weighted by atomic mass is 10.1. The maximum absolute atomic E-state index is 5.62. The summed E-state index contributed by atoms with van der Waals surface area (Å²) in [7, 11) is 0. The van der Waals surface area contributed by atoms with Gasteiger partial charge in [-0.05, 0) is 39.8 Å². The van der Waals surface area contributed by atoms with E-state index in [1.54, 1.807) is 11.3 Å². The van der Waals surface area contributed by atoms with Crippen LogP contribution in [0.3, 0.4) is 0 Å². The number of ether oxygens (including phenoxy) is 1. The van der Waals surface area contributed by atoms with Crippen molar-refractivity contribution in [2.75, 3.05) is 0 Å². The lowest BCUT2D eigenvalue weighted by Gasteiger charge is -2.19. The number of aryl methyl sites for hydroxylation is 1. The molecular formula is C14H21N3OS. The zero-order chi connectivity index (χ0) is 13.9. The van der Waals surface area contributed by atoms with E-state index in [1.807, 2.05) is 13.0 Å². The van der Waals surface area contributed by atoms with E-state index in [-0.39, 0.29) is 5.54 Å². The van der Waals surface area contributed by atoms with Crippen molar-refractivity contribution in [2.24, 2.45) is 0 Å². The largest absolute Gasteiger partial charge is 0.471 e. The van der Waals surface area contributed by atoms with Gasteiger partial charge in [0.2, 0.25) is 5.88 Å². The van der Waals surface area contributed by atoms with Crippen LogP contribution in [-0.4, -0.2) is 15.7 Å². The first-order valence-corrected chi connectivity index (χ1v) is 7.21. The molecule has 2 heterocycles. The molecule has 2 N–H and O–H groups in total. The molecular weight excluding hydrogens is 258 g/mol. The highest BCUT2D eigenvalue weighted by Gasteiger charge is 2.09. The van der Waals surface area contributed by atoms with E-state index >= 15 is 0 Å². The van der Waals surface area contributed by atoms with Gasteiger partial charge in [0, 0.05) is 33.6 Å². The van der Waals surface area contributed by atoms with Gasteiger partial charge in [0.1, 0.15) is 6.61 Å². The Bertz CT molecular complexity index is 525. The van der Waals surface area contributed by atoms with Gasteiger partial charge in [-0.15, -0.1) is 16.4 Å². The van der Waals surface area contributed by atoms with Crippen molar-refractivity contribution >= 4 is 11.3 Å². The third kappa shape index (κ3) is 4.69. The summed E-state index contributed by atoms with van der Waals surface area (Å²) in [6, 6.07) is 6.16. The third-order valence-corrected chi connectivity index (χ3v) is 3.61. The lowest BCUT2D eigenvalue weighted by Crippen LogP contribution is -2.34. The van der Waals surface area contributed by atoms with Crippen molar-refractivity contribution in [3.05, 3.63) is 33.6 Å². The Morgan fingerprint density at radius 2 is 2.05 bits per heavy atom. The van der Waals surface area contributed by atoms with Crippen LogP contribution in [0.1, 0.15) is 36.2 Å². The topological polar surface area (TPSA) is 49.9 Å². The number of H-pyrrole nitrogens is 1. The molecule has 2 aromatic rings. The van der Waals surface area contributed by atoms with Crippen molar-refractivity contribution in [3.63, 3.8) is 0 Å². The van der Waals surface area contributed by atoms with E-state index in [9.17, 15) is 0 Å². The first kappa shape index (κ1) is 14.1. The van der Waals surface area contributed by atoms with Gasteiger partial charge in [0.25, 0.3) is 0 Å². The highest BCUT2D eigenvalue weighted by Crippen LogP contribution is 2.19. The summed E-state index contributed by atoms with van der Waals surface area (Å²) in [5.41, 5.74) is 1.16. The van der Waals surface area contributed by atoms with Crippen molar-refractivity contribution in [1.82, 2.24) is 15.5 Å². The molecule has 0 fully saturated rings. The second kappa shape index (κ2) is 5.75. The quantitative estimate of drug-likeness (QED) is 0.883. The molecule has 5 heteroatoms. The molecule has 0 amide bonds. The monoisotopic (exact) mass is 279 g/mol. The van der Waals surface area contributed by atoms with E-state index in [0.29, 0.717) is 12.5 Å². The van der Waals surface area contributed by atoms with Crippen LogP contribution >= 0.6 is 11.3 Å². The van der Waals surface area contributed by atoms with Crippen molar-refractivity contribution in [3.8, 4) is 5.88 Å². The first-order valence-electron chi connectivity index (χ1n) is 6.40. The van der Waals surface area contributed by atoms with E-state index in [0.717, 1.165) is 12.2 Å². The van der Waals surface area contributed by atoms with Crippen LogP contribution in [0.15, 0.2) is 18.2 Å². The van der Waals surface area contributed by atoms with Gasteiger partial charge in [0.05, 0.1) is 0 Å². The minimum Gasteiger partial charge on any atom is -0.471 e. The maximum atomic E-state index is 5.62. The number of hydrogen-bond acceptors (Lipinski definition) is 4. The second-order valence-electron chi connectivity index (χ2n) is 5.65. The Balaban J connectivity index is 1.84. The summed E-state index contributed by atoms with van der Waals surface area (Å²) in [6.45, 7) is 9.95. The van der Waals surface area contributed by atoms with Crippen LogP contribution in [0.4, 0.5) is 0 Å². The van der Waals surface area contributed by atoms with Crippen molar-refractivity contribution in [1.29, 1.82) is 0 Å². The average Bonchev–Trinajstić information content (AvgIpc) is 2.92. The zero-order valence-electron chi connectivity index (χ0n) is 11.9. The fraction of sp³-hybridized carbons (Fsp3) is 0.500. The van der Waals surface area contributed by atoms with Gasteiger partial charge in [-0.3, -0.25) is 5.10 Å². The number of aromatic amines is 1. The second-order valence-corrected chi connectivity index (χ2v) is 6.90. The predicted molar refractivity (Wildman–Crippen MR) is 78.6 cm³/mol.